The van der Waals surface area contributed by atoms with E-state index in [1.165, 1.54) is 16.7 Å². The van der Waals surface area contributed by atoms with E-state index in [-0.39, 0.29) is 11.2 Å². The molecular weight excluding hydrogens is 348 g/mol. The molecule has 5 rings (SSSR count). The maximum absolute atomic E-state index is 12.5. The minimum absolute atomic E-state index is 0.0893. The highest BCUT2D eigenvalue weighted by molar-refractivity contribution is 5.91. The second kappa shape index (κ2) is 6.73. The maximum atomic E-state index is 12.5. The summed E-state index contributed by atoms with van der Waals surface area (Å²) >= 11 is 0. The zero-order chi connectivity index (χ0) is 19.3. The van der Waals surface area contributed by atoms with Crippen LogP contribution in [0.25, 0.3) is 0 Å². The van der Waals surface area contributed by atoms with Crippen molar-refractivity contribution in [2.24, 2.45) is 17.3 Å². The normalized spacial score (nSPS) is 33.7. The predicted molar refractivity (Wildman–Crippen MR) is 108 cm³/mol. The third-order valence-electron chi connectivity index (χ3n) is 7.68. The molecule has 2 aromatic rings. The second-order valence-electron chi connectivity index (χ2n) is 9.12. The van der Waals surface area contributed by atoms with Crippen molar-refractivity contribution in [1.82, 2.24) is 0 Å². The van der Waals surface area contributed by atoms with Crippen molar-refractivity contribution in [1.29, 1.82) is 0 Å². The first kappa shape index (κ1) is 17.9. The molecule has 0 radical (unpaired) electrons. The van der Waals surface area contributed by atoms with E-state index in [2.05, 4.69) is 37.3 Å². The number of aryl methyl sites for hydroxylation is 1. The van der Waals surface area contributed by atoms with E-state index in [1.54, 1.807) is 0 Å². The van der Waals surface area contributed by atoms with Crippen molar-refractivity contribution < 1.29 is 14.6 Å². The molecule has 0 saturated heterocycles. The van der Waals surface area contributed by atoms with Gasteiger partial charge in [0.15, 0.2) is 5.78 Å². The first-order chi connectivity index (χ1) is 13.6. The van der Waals surface area contributed by atoms with Crippen molar-refractivity contribution in [2.75, 3.05) is 0 Å². The molecule has 1 N–H and O–H groups in total. The van der Waals surface area contributed by atoms with Crippen LogP contribution in [0.3, 0.4) is 0 Å². The molecule has 0 unspecified atom stereocenters. The van der Waals surface area contributed by atoms with Crippen molar-refractivity contribution >= 4 is 5.78 Å². The number of benzene rings is 2. The van der Waals surface area contributed by atoms with E-state index >= 15 is 0 Å². The van der Waals surface area contributed by atoms with Gasteiger partial charge in [-0.15, -0.1) is 0 Å². The van der Waals surface area contributed by atoms with Gasteiger partial charge in [0, 0.05) is 5.41 Å². The van der Waals surface area contributed by atoms with Crippen LogP contribution in [0.15, 0.2) is 48.5 Å². The van der Waals surface area contributed by atoms with Gasteiger partial charge in [-0.05, 0) is 78.7 Å². The number of carbonyl (C=O) groups excluding carboxylic acids is 1. The molecule has 0 spiro atoms. The lowest BCUT2D eigenvalue weighted by atomic mass is 9.55. The summed E-state index contributed by atoms with van der Waals surface area (Å²) in [5.74, 6) is 2.39. The van der Waals surface area contributed by atoms with E-state index < -0.39 is 6.10 Å². The Kier molecular flexibility index (Phi) is 4.31. The molecule has 3 nitrogen and oxygen atoms in total. The molecule has 0 amide bonds. The van der Waals surface area contributed by atoms with Crippen LogP contribution in [0.1, 0.15) is 55.2 Å². The van der Waals surface area contributed by atoms with E-state index in [0.29, 0.717) is 30.8 Å². The molecular formula is C25H28O3. The lowest BCUT2D eigenvalue weighted by Gasteiger charge is -2.48. The molecule has 3 heteroatoms. The van der Waals surface area contributed by atoms with Crippen LogP contribution in [-0.2, 0) is 17.8 Å². The Hall–Kier alpha value is -2.13. The number of Topliss-reactive ketones (excluding diaryl/α,β-unsaturated/α-hetero) is 1. The summed E-state index contributed by atoms with van der Waals surface area (Å²) in [5.41, 5.74) is 3.72. The standard InChI is InChI=1S/C25H28O3/c1-25-12-11-20-19-10-8-18(28-15-16-5-3-2-4-6-16)13-17(19)7-9-21(20)22(25)14-23(26)24(25)27/h2-6,8,10,13,20-23,26H,7,9,11-12,14-15H2,1H3/t20-,21+,22+,23+,25-/m0/s1. The minimum Gasteiger partial charge on any atom is -0.489 e. The quantitative estimate of drug-likeness (QED) is 0.847. The summed E-state index contributed by atoms with van der Waals surface area (Å²) in [6, 6.07) is 16.8. The molecule has 2 aromatic carbocycles. The first-order valence-electron chi connectivity index (χ1n) is 10.6. The van der Waals surface area contributed by atoms with E-state index in [1.807, 2.05) is 18.2 Å². The monoisotopic (exact) mass is 376 g/mol. The number of aliphatic hydroxyl groups excluding tert-OH is 1. The van der Waals surface area contributed by atoms with Gasteiger partial charge in [0.1, 0.15) is 18.5 Å². The fraction of sp³-hybridized carbons (Fsp3) is 0.480. The average Bonchev–Trinajstić information content (AvgIpc) is 2.96. The summed E-state index contributed by atoms with van der Waals surface area (Å²) in [6.07, 6.45) is 4.01. The van der Waals surface area contributed by atoms with Gasteiger partial charge < -0.3 is 9.84 Å². The van der Waals surface area contributed by atoms with Crippen LogP contribution in [0, 0.1) is 17.3 Å². The van der Waals surface area contributed by atoms with Crippen molar-refractivity contribution in [3.05, 3.63) is 65.2 Å². The Morgan fingerprint density at radius 2 is 1.96 bits per heavy atom. The van der Waals surface area contributed by atoms with Crippen LogP contribution >= 0.6 is 0 Å². The fourth-order valence-electron chi connectivity index (χ4n) is 6.18. The van der Waals surface area contributed by atoms with Gasteiger partial charge in [-0.2, -0.15) is 0 Å². The number of carbonyl (C=O) groups is 1. The molecule has 2 fully saturated rings. The van der Waals surface area contributed by atoms with Crippen molar-refractivity contribution in [3.8, 4) is 5.75 Å². The Labute approximate surface area is 166 Å². The van der Waals surface area contributed by atoms with Crippen LogP contribution in [0.5, 0.6) is 5.75 Å². The number of hydrogen-bond donors (Lipinski definition) is 1. The zero-order valence-electron chi connectivity index (χ0n) is 16.4. The molecule has 3 aliphatic rings. The maximum Gasteiger partial charge on any atom is 0.167 e. The molecule has 0 aromatic heterocycles. The summed E-state index contributed by atoms with van der Waals surface area (Å²) in [6.45, 7) is 2.69. The van der Waals surface area contributed by atoms with E-state index in [4.69, 9.17) is 4.74 Å². The Bertz CT molecular complexity index is 890. The third-order valence-corrected chi connectivity index (χ3v) is 7.68. The van der Waals surface area contributed by atoms with Gasteiger partial charge in [0.2, 0.25) is 0 Å². The van der Waals surface area contributed by atoms with Gasteiger partial charge in [-0.1, -0.05) is 43.3 Å². The second-order valence-corrected chi connectivity index (χ2v) is 9.12. The number of hydrogen-bond acceptors (Lipinski definition) is 3. The molecule has 0 bridgehead atoms. The Balaban J connectivity index is 1.36. The average molecular weight is 376 g/mol. The third kappa shape index (κ3) is 2.79. The smallest absolute Gasteiger partial charge is 0.167 e. The topological polar surface area (TPSA) is 46.5 Å². The largest absolute Gasteiger partial charge is 0.489 e. The highest BCUT2D eigenvalue weighted by Crippen LogP contribution is 2.59. The summed E-state index contributed by atoms with van der Waals surface area (Å²) in [5, 5.41) is 10.2. The lowest BCUT2D eigenvalue weighted by Crippen LogP contribution is -2.42. The fourth-order valence-corrected chi connectivity index (χ4v) is 6.18. The molecule has 0 heterocycles. The van der Waals surface area contributed by atoms with Gasteiger partial charge >= 0.3 is 0 Å². The van der Waals surface area contributed by atoms with Gasteiger partial charge in [-0.25, -0.2) is 0 Å². The van der Waals surface area contributed by atoms with Crippen LogP contribution in [0.2, 0.25) is 0 Å². The van der Waals surface area contributed by atoms with Gasteiger partial charge in [0.25, 0.3) is 0 Å². The van der Waals surface area contributed by atoms with Gasteiger partial charge in [0.05, 0.1) is 0 Å². The molecule has 2 saturated carbocycles. The number of ketones is 1. The zero-order valence-corrected chi connectivity index (χ0v) is 16.4. The first-order valence-corrected chi connectivity index (χ1v) is 10.6. The molecule has 3 aliphatic carbocycles. The van der Waals surface area contributed by atoms with Crippen LogP contribution in [0.4, 0.5) is 0 Å². The number of ether oxygens (including phenoxy) is 1. The van der Waals surface area contributed by atoms with Crippen molar-refractivity contribution in [3.63, 3.8) is 0 Å². The summed E-state index contributed by atoms with van der Waals surface area (Å²) < 4.78 is 6.03. The Morgan fingerprint density at radius 3 is 2.79 bits per heavy atom. The SMILES string of the molecule is C[C@]12CC[C@H]3c4ccc(OCc5ccccc5)cc4CC[C@H]3[C@H]1C[C@@H](O)C2=O. The number of fused-ring (bicyclic) bond motifs is 5. The predicted octanol–water partition coefficient (Wildman–Crippen LogP) is 4.66. The highest BCUT2D eigenvalue weighted by atomic mass is 16.5. The molecule has 0 aliphatic heterocycles. The molecule has 146 valence electrons. The minimum atomic E-state index is -0.746. The van der Waals surface area contributed by atoms with E-state index in [0.717, 1.165) is 31.4 Å². The van der Waals surface area contributed by atoms with Crippen LogP contribution < -0.4 is 4.74 Å². The van der Waals surface area contributed by atoms with E-state index in [9.17, 15) is 9.90 Å². The Morgan fingerprint density at radius 1 is 1.14 bits per heavy atom. The number of rotatable bonds is 3. The number of aliphatic hydroxyl groups is 1. The summed E-state index contributed by atoms with van der Waals surface area (Å²) in [4.78, 5) is 12.5. The van der Waals surface area contributed by atoms with Crippen LogP contribution in [-0.4, -0.2) is 17.0 Å². The molecule has 28 heavy (non-hydrogen) atoms. The lowest BCUT2D eigenvalue weighted by molar-refractivity contribution is -0.134. The van der Waals surface area contributed by atoms with Crippen molar-refractivity contribution in [2.45, 2.75) is 57.7 Å². The molecule has 5 atom stereocenters. The summed E-state index contributed by atoms with van der Waals surface area (Å²) in [7, 11) is 0. The highest BCUT2D eigenvalue weighted by Gasteiger charge is 2.57. The van der Waals surface area contributed by atoms with Gasteiger partial charge in [-0.3, -0.25) is 4.79 Å².